The van der Waals surface area contributed by atoms with Gasteiger partial charge in [-0.1, -0.05) is 0 Å². The molecule has 1 atom stereocenters. The molecular formula is C16H23N5O. The van der Waals surface area contributed by atoms with Crippen molar-refractivity contribution in [3.05, 3.63) is 29.6 Å². The topological polar surface area (TPSA) is 55.2 Å². The van der Waals surface area contributed by atoms with Gasteiger partial charge in [0.1, 0.15) is 0 Å². The lowest BCUT2D eigenvalue weighted by Crippen LogP contribution is -2.44. The molecule has 0 aliphatic carbocycles. The molecule has 1 N–H and O–H groups in total. The van der Waals surface area contributed by atoms with Gasteiger partial charge in [0.2, 0.25) is 0 Å². The molecular weight excluding hydrogens is 278 g/mol. The summed E-state index contributed by atoms with van der Waals surface area (Å²) in [5, 5.41) is 11.9. The van der Waals surface area contributed by atoms with E-state index in [0.717, 1.165) is 37.1 Å². The molecule has 0 radical (unpaired) electrons. The second kappa shape index (κ2) is 5.96. The molecule has 1 fully saturated rings. The van der Waals surface area contributed by atoms with Crippen molar-refractivity contribution < 1.29 is 4.74 Å². The molecule has 0 bridgehead atoms. The Balaban J connectivity index is 2.07. The van der Waals surface area contributed by atoms with Crippen molar-refractivity contribution in [1.29, 1.82) is 0 Å². The Morgan fingerprint density at radius 2 is 1.95 bits per heavy atom. The van der Waals surface area contributed by atoms with Gasteiger partial charge < -0.3 is 19.5 Å². The molecule has 0 aromatic carbocycles. The molecule has 1 aliphatic heterocycles. The van der Waals surface area contributed by atoms with Crippen LogP contribution in [0.1, 0.15) is 18.3 Å². The highest BCUT2D eigenvalue weighted by atomic mass is 16.5. The molecule has 0 spiro atoms. The smallest absolute Gasteiger partial charge is 0.172 e. The van der Waals surface area contributed by atoms with Crippen molar-refractivity contribution in [2.45, 2.75) is 26.8 Å². The van der Waals surface area contributed by atoms with Crippen LogP contribution in [-0.2, 0) is 4.74 Å². The third-order valence-electron chi connectivity index (χ3n) is 4.17. The van der Waals surface area contributed by atoms with E-state index in [1.165, 1.54) is 11.4 Å². The molecule has 3 rings (SSSR count). The predicted octanol–water partition coefficient (Wildman–Crippen LogP) is 2.15. The van der Waals surface area contributed by atoms with Crippen molar-refractivity contribution in [2.24, 2.45) is 0 Å². The summed E-state index contributed by atoms with van der Waals surface area (Å²) in [6.45, 7) is 8.66. The summed E-state index contributed by atoms with van der Waals surface area (Å²) in [7, 11) is 1.87. The number of ether oxygens (including phenoxy) is 1. The van der Waals surface area contributed by atoms with E-state index >= 15 is 0 Å². The fraction of sp³-hybridized carbons (Fsp3) is 0.500. The van der Waals surface area contributed by atoms with Crippen LogP contribution < -0.4 is 10.2 Å². The maximum atomic E-state index is 5.51. The van der Waals surface area contributed by atoms with Crippen LogP contribution in [0.3, 0.4) is 0 Å². The van der Waals surface area contributed by atoms with E-state index in [2.05, 4.69) is 64.0 Å². The van der Waals surface area contributed by atoms with Crippen LogP contribution in [0, 0.1) is 13.8 Å². The van der Waals surface area contributed by atoms with Crippen molar-refractivity contribution in [1.82, 2.24) is 14.8 Å². The second-order valence-electron chi connectivity index (χ2n) is 5.76. The van der Waals surface area contributed by atoms with Crippen LogP contribution >= 0.6 is 0 Å². The average Bonchev–Trinajstić information content (AvgIpc) is 2.86. The Hall–Kier alpha value is -2.08. The van der Waals surface area contributed by atoms with E-state index in [1.807, 2.05) is 7.05 Å². The first kappa shape index (κ1) is 14.8. The standard InChI is InChI=1S/C16H23N5O/c1-11-5-6-12(2)21(11)14-9-15(18-19-16(14)17-4)20-7-8-22-10-13(20)3/h5-6,9,13H,7-8,10H2,1-4H3,(H,17,19)/t13-/m1/s1. The summed E-state index contributed by atoms with van der Waals surface area (Å²) in [4.78, 5) is 2.26. The van der Waals surface area contributed by atoms with Crippen molar-refractivity contribution in [3.8, 4) is 5.69 Å². The van der Waals surface area contributed by atoms with Crippen molar-refractivity contribution in [3.63, 3.8) is 0 Å². The number of anilines is 2. The number of aromatic nitrogens is 3. The summed E-state index contributed by atoms with van der Waals surface area (Å²) in [6, 6.07) is 6.65. The van der Waals surface area contributed by atoms with Gasteiger partial charge in [0.15, 0.2) is 11.6 Å². The Morgan fingerprint density at radius 1 is 1.23 bits per heavy atom. The highest BCUT2D eigenvalue weighted by Gasteiger charge is 2.22. The Bertz CT molecular complexity index is 647. The minimum atomic E-state index is 0.309. The van der Waals surface area contributed by atoms with E-state index in [-0.39, 0.29) is 0 Å². The highest BCUT2D eigenvalue weighted by Crippen LogP contribution is 2.26. The van der Waals surface area contributed by atoms with E-state index in [0.29, 0.717) is 6.04 Å². The Kier molecular flexibility index (Phi) is 4.02. The van der Waals surface area contributed by atoms with Crippen LogP contribution in [0.5, 0.6) is 0 Å². The van der Waals surface area contributed by atoms with E-state index in [4.69, 9.17) is 4.74 Å². The molecule has 2 aromatic rings. The van der Waals surface area contributed by atoms with Gasteiger partial charge in [0.25, 0.3) is 0 Å². The fourth-order valence-electron chi connectivity index (χ4n) is 2.98. The number of hydrogen-bond acceptors (Lipinski definition) is 5. The minimum absolute atomic E-state index is 0.309. The van der Waals surface area contributed by atoms with Crippen LogP contribution in [0.4, 0.5) is 11.6 Å². The zero-order chi connectivity index (χ0) is 15.7. The zero-order valence-electron chi connectivity index (χ0n) is 13.6. The molecule has 2 aromatic heterocycles. The number of nitrogens with one attached hydrogen (secondary N) is 1. The fourth-order valence-corrected chi connectivity index (χ4v) is 2.98. The van der Waals surface area contributed by atoms with Gasteiger partial charge in [-0.15, -0.1) is 10.2 Å². The third kappa shape index (κ3) is 2.54. The van der Waals surface area contributed by atoms with Crippen LogP contribution in [0.25, 0.3) is 5.69 Å². The Morgan fingerprint density at radius 3 is 2.59 bits per heavy atom. The third-order valence-corrected chi connectivity index (χ3v) is 4.17. The first-order chi connectivity index (χ1) is 10.6. The van der Waals surface area contributed by atoms with Gasteiger partial charge in [0.05, 0.1) is 24.9 Å². The van der Waals surface area contributed by atoms with Crippen LogP contribution in [-0.4, -0.2) is 47.6 Å². The first-order valence-corrected chi connectivity index (χ1v) is 7.67. The summed E-state index contributed by atoms with van der Waals surface area (Å²) >= 11 is 0. The van der Waals surface area contributed by atoms with Gasteiger partial charge in [-0.3, -0.25) is 0 Å². The van der Waals surface area contributed by atoms with E-state index < -0.39 is 0 Å². The first-order valence-electron chi connectivity index (χ1n) is 7.67. The monoisotopic (exact) mass is 301 g/mol. The quantitative estimate of drug-likeness (QED) is 0.941. The largest absolute Gasteiger partial charge is 0.377 e. The van der Waals surface area contributed by atoms with Crippen LogP contribution in [0.2, 0.25) is 0 Å². The molecule has 6 nitrogen and oxygen atoms in total. The molecule has 1 saturated heterocycles. The summed E-state index contributed by atoms with van der Waals surface area (Å²) < 4.78 is 7.72. The van der Waals surface area contributed by atoms with Gasteiger partial charge in [-0.25, -0.2) is 0 Å². The number of hydrogen-bond donors (Lipinski definition) is 1. The normalized spacial score (nSPS) is 18.5. The summed E-state index contributed by atoms with van der Waals surface area (Å²) in [5.41, 5.74) is 3.40. The SMILES string of the molecule is CNc1nnc(N2CCOC[C@H]2C)cc1-n1c(C)ccc1C. The molecule has 118 valence electrons. The number of morpholine rings is 1. The average molecular weight is 301 g/mol. The van der Waals surface area contributed by atoms with E-state index in [9.17, 15) is 0 Å². The van der Waals surface area contributed by atoms with E-state index in [1.54, 1.807) is 0 Å². The van der Waals surface area contributed by atoms with Gasteiger partial charge >= 0.3 is 0 Å². The zero-order valence-corrected chi connectivity index (χ0v) is 13.6. The minimum Gasteiger partial charge on any atom is -0.377 e. The maximum absolute atomic E-state index is 5.51. The summed E-state index contributed by atoms with van der Waals surface area (Å²) in [6.07, 6.45) is 0. The van der Waals surface area contributed by atoms with Crippen LogP contribution in [0.15, 0.2) is 18.2 Å². The lowest BCUT2D eigenvalue weighted by Gasteiger charge is -2.34. The second-order valence-corrected chi connectivity index (χ2v) is 5.76. The van der Waals surface area contributed by atoms with Crippen molar-refractivity contribution in [2.75, 3.05) is 37.0 Å². The molecule has 3 heterocycles. The molecule has 0 unspecified atom stereocenters. The number of rotatable bonds is 3. The van der Waals surface area contributed by atoms with Gasteiger partial charge in [-0.05, 0) is 32.9 Å². The molecule has 0 saturated carbocycles. The number of nitrogens with zero attached hydrogens (tertiary/aromatic N) is 4. The lowest BCUT2D eigenvalue weighted by molar-refractivity contribution is 0.0984. The highest BCUT2D eigenvalue weighted by molar-refractivity contribution is 5.61. The summed E-state index contributed by atoms with van der Waals surface area (Å²) in [5.74, 6) is 1.68. The predicted molar refractivity (Wildman–Crippen MR) is 88.0 cm³/mol. The number of aryl methyl sites for hydroxylation is 2. The Labute approximate surface area is 131 Å². The molecule has 6 heteroatoms. The van der Waals surface area contributed by atoms with Crippen molar-refractivity contribution >= 4 is 11.6 Å². The molecule has 22 heavy (non-hydrogen) atoms. The lowest BCUT2D eigenvalue weighted by atomic mass is 10.2. The maximum Gasteiger partial charge on any atom is 0.172 e. The van der Waals surface area contributed by atoms with Gasteiger partial charge in [0, 0.05) is 31.0 Å². The molecule has 1 aliphatic rings. The molecule has 0 amide bonds. The van der Waals surface area contributed by atoms with Gasteiger partial charge in [-0.2, -0.15) is 0 Å².